The number of alkyl halides is 3. The molecule has 0 aliphatic carbocycles. The molecule has 0 saturated heterocycles. The highest BCUT2D eigenvalue weighted by Gasteiger charge is 2.30. The minimum atomic E-state index is -4.55. The number of benzene rings is 1. The lowest BCUT2D eigenvalue weighted by molar-refractivity contribution is -0.137. The summed E-state index contributed by atoms with van der Waals surface area (Å²) in [5, 5.41) is -0.0426. The Morgan fingerprint density at radius 3 is 2.52 bits per heavy atom. The van der Waals surface area contributed by atoms with Gasteiger partial charge in [-0.25, -0.2) is 4.79 Å². The number of halogens is 3. The third kappa shape index (κ3) is 2.14. The predicted octanol–water partition coefficient (Wildman–Crippen LogP) is 2.29. The fourth-order valence-electron chi connectivity index (χ4n) is 1.99. The first-order valence-electron chi connectivity index (χ1n) is 5.78. The van der Waals surface area contributed by atoms with E-state index in [0.717, 1.165) is 22.8 Å². The molecule has 3 rings (SSSR count). The van der Waals surface area contributed by atoms with E-state index in [2.05, 4.69) is 4.98 Å². The van der Waals surface area contributed by atoms with Gasteiger partial charge in [-0.05, 0) is 24.3 Å². The Balaban J connectivity index is 2.33. The van der Waals surface area contributed by atoms with Gasteiger partial charge in [0.1, 0.15) is 0 Å². The Hall–Kier alpha value is -2.77. The summed E-state index contributed by atoms with van der Waals surface area (Å²) in [5.74, 6) is -0.0111. The maximum Gasteiger partial charge on any atom is 0.416 e. The van der Waals surface area contributed by atoms with Crippen LogP contribution in [0.4, 0.5) is 13.2 Å². The molecule has 0 spiro atoms. The summed E-state index contributed by atoms with van der Waals surface area (Å²) < 4.78 is 43.6. The van der Waals surface area contributed by atoms with Crippen molar-refractivity contribution in [2.45, 2.75) is 6.18 Å². The number of aromatic amines is 1. The Bertz CT molecular complexity index is 920. The number of furan rings is 1. The van der Waals surface area contributed by atoms with E-state index >= 15 is 0 Å². The Morgan fingerprint density at radius 2 is 1.90 bits per heavy atom. The second-order valence-corrected chi connectivity index (χ2v) is 4.28. The summed E-state index contributed by atoms with van der Waals surface area (Å²) in [7, 11) is 0. The van der Waals surface area contributed by atoms with Crippen LogP contribution in [0.3, 0.4) is 0 Å². The highest BCUT2D eigenvalue weighted by atomic mass is 19.4. The Kier molecular flexibility index (Phi) is 2.75. The molecule has 0 saturated carbocycles. The second kappa shape index (κ2) is 4.37. The van der Waals surface area contributed by atoms with Gasteiger partial charge in [0.05, 0.1) is 22.7 Å². The maximum absolute atomic E-state index is 12.6. The molecule has 0 unspecified atom stereocenters. The van der Waals surface area contributed by atoms with Crippen molar-refractivity contribution in [1.82, 2.24) is 9.55 Å². The van der Waals surface area contributed by atoms with Crippen LogP contribution in [0.2, 0.25) is 0 Å². The van der Waals surface area contributed by atoms with Crippen molar-refractivity contribution < 1.29 is 17.6 Å². The number of fused-ring (bicyclic) bond motifs is 1. The third-order valence-electron chi connectivity index (χ3n) is 2.95. The normalized spacial score (nSPS) is 12.0. The fourth-order valence-corrected chi connectivity index (χ4v) is 1.99. The monoisotopic (exact) mass is 296 g/mol. The summed E-state index contributed by atoms with van der Waals surface area (Å²) in [6, 6.07) is 5.42. The molecule has 21 heavy (non-hydrogen) atoms. The molecule has 1 aromatic carbocycles. The van der Waals surface area contributed by atoms with Gasteiger partial charge < -0.3 is 9.40 Å². The number of H-pyrrole nitrogens is 1. The molecule has 8 heteroatoms. The first-order valence-corrected chi connectivity index (χ1v) is 5.78. The van der Waals surface area contributed by atoms with Crippen LogP contribution in [-0.4, -0.2) is 9.55 Å². The van der Waals surface area contributed by atoms with E-state index in [1.165, 1.54) is 18.4 Å². The van der Waals surface area contributed by atoms with Crippen LogP contribution < -0.4 is 11.2 Å². The zero-order valence-corrected chi connectivity index (χ0v) is 10.3. The van der Waals surface area contributed by atoms with Gasteiger partial charge >= 0.3 is 11.9 Å². The van der Waals surface area contributed by atoms with Crippen LogP contribution in [0.5, 0.6) is 0 Å². The summed E-state index contributed by atoms with van der Waals surface area (Å²) in [4.78, 5) is 26.3. The van der Waals surface area contributed by atoms with Crippen molar-refractivity contribution in [2.75, 3.05) is 0 Å². The summed E-state index contributed by atoms with van der Waals surface area (Å²) >= 11 is 0. The van der Waals surface area contributed by atoms with Crippen molar-refractivity contribution >= 4 is 10.9 Å². The van der Waals surface area contributed by atoms with Crippen molar-refractivity contribution in [1.29, 1.82) is 0 Å². The number of hydrogen-bond donors (Lipinski definition) is 1. The number of nitrogens with zero attached hydrogens (tertiary/aromatic N) is 1. The second-order valence-electron chi connectivity index (χ2n) is 4.28. The fraction of sp³-hybridized carbons (Fsp3) is 0.0769. The molecule has 2 heterocycles. The lowest BCUT2D eigenvalue weighted by Gasteiger charge is -2.08. The molecule has 108 valence electrons. The van der Waals surface area contributed by atoms with Crippen LogP contribution in [0, 0.1) is 0 Å². The van der Waals surface area contributed by atoms with Crippen molar-refractivity contribution in [3.8, 4) is 5.88 Å². The van der Waals surface area contributed by atoms with Gasteiger partial charge in [0.2, 0.25) is 5.88 Å². The molecular formula is C13H7F3N2O3. The van der Waals surface area contributed by atoms with E-state index in [1.54, 1.807) is 0 Å². The highest BCUT2D eigenvalue weighted by Crippen LogP contribution is 2.30. The van der Waals surface area contributed by atoms with Crippen LogP contribution in [-0.2, 0) is 6.18 Å². The number of aromatic nitrogens is 2. The lowest BCUT2D eigenvalue weighted by Crippen LogP contribution is -2.33. The molecule has 0 atom stereocenters. The largest absolute Gasteiger partial charge is 0.448 e. The molecule has 0 amide bonds. The summed E-state index contributed by atoms with van der Waals surface area (Å²) in [6.07, 6.45) is -3.28. The number of nitrogens with one attached hydrogen (secondary N) is 1. The topological polar surface area (TPSA) is 68.0 Å². The van der Waals surface area contributed by atoms with Crippen molar-refractivity contribution in [2.24, 2.45) is 0 Å². The van der Waals surface area contributed by atoms with Crippen LogP contribution in [0.25, 0.3) is 16.8 Å². The molecule has 2 aromatic heterocycles. The molecule has 0 bridgehead atoms. The van der Waals surface area contributed by atoms with Crippen LogP contribution >= 0.6 is 0 Å². The van der Waals surface area contributed by atoms with E-state index in [4.69, 9.17) is 4.42 Å². The number of hydrogen-bond acceptors (Lipinski definition) is 3. The SMILES string of the molecule is O=c1[nH]c2cc(C(F)(F)F)ccc2c(=O)n1-c1ccco1. The van der Waals surface area contributed by atoms with Gasteiger partial charge in [-0.15, -0.1) is 0 Å². The zero-order chi connectivity index (χ0) is 15.2. The van der Waals surface area contributed by atoms with Crippen molar-refractivity contribution in [3.05, 3.63) is 63.0 Å². The van der Waals surface area contributed by atoms with E-state index < -0.39 is 23.0 Å². The summed E-state index contributed by atoms with van der Waals surface area (Å²) in [6.45, 7) is 0. The van der Waals surface area contributed by atoms with Gasteiger partial charge in [0, 0.05) is 6.07 Å². The molecule has 1 N–H and O–H groups in total. The zero-order valence-electron chi connectivity index (χ0n) is 10.3. The van der Waals surface area contributed by atoms with Crippen LogP contribution in [0.1, 0.15) is 5.56 Å². The van der Waals surface area contributed by atoms with Crippen molar-refractivity contribution in [3.63, 3.8) is 0 Å². The first kappa shape index (κ1) is 13.2. The molecule has 0 aliphatic heterocycles. The van der Waals surface area contributed by atoms with Crippen LogP contribution in [0.15, 0.2) is 50.6 Å². The van der Waals surface area contributed by atoms with E-state index in [0.29, 0.717) is 0 Å². The van der Waals surface area contributed by atoms with E-state index in [9.17, 15) is 22.8 Å². The van der Waals surface area contributed by atoms with Gasteiger partial charge in [-0.3, -0.25) is 4.79 Å². The molecular weight excluding hydrogens is 289 g/mol. The molecule has 0 aliphatic rings. The third-order valence-corrected chi connectivity index (χ3v) is 2.95. The quantitative estimate of drug-likeness (QED) is 0.749. The van der Waals surface area contributed by atoms with Gasteiger partial charge in [-0.1, -0.05) is 0 Å². The van der Waals surface area contributed by atoms with Gasteiger partial charge in [-0.2, -0.15) is 17.7 Å². The molecule has 5 nitrogen and oxygen atoms in total. The minimum absolute atomic E-state index is 0.0111. The molecule has 0 fully saturated rings. The predicted molar refractivity (Wildman–Crippen MR) is 67.4 cm³/mol. The summed E-state index contributed by atoms with van der Waals surface area (Å²) in [5.41, 5.74) is -2.75. The average molecular weight is 296 g/mol. The highest BCUT2D eigenvalue weighted by molar-refractivity contribution is 5.78. The van der Waals surface area contributed by atoms with Gasteiger partial charge in [0.25, 0.3) is 5.56 Å². The smallest absolute Gasteiger partial charge is 0.416 e. The van der Waals surface area contributed by atoms with E-state index in [-0.39, 0.29) is 16.8 Å². The van der Waals surface area contributed by atoms with Gasteiger partial charge in [0.15, 0.2) is 0 Å². The first-order chi connectivity index (χ1) is 9.88. The van der Waals surface area contributed by atoms with E-state index in [1.807, 2.05) is 0 Å². The Labute approximate surface area is 114 Å². The maximum atomic E-state index is 12.6. The minimum Gasteiger partial charge on any atom is -0.448 e. The lowest BCUT2D eigenvalue weighted by atomic mass is 10.1. The number of rotatable bonds is 1. The molecule has 3 aromatic rings. The molecule has 0 radical (unpaired) electrons. The average Bonchev–Trinajstić information content (AvgIpc) is 2.90. The standard InChI is InChI=1S/C13H7F3N2O3/c14-13(15,16)7-3-4-8-9(6-7)17-12(20)18(11(8)19)10-2-1-5-21-10/h1-6H,(H,17,20). The Morgan fingerprint density at radius 1 is 1.14 bits per heavy atom.